The molecule has 0 bridgehead atoms. The van der Waals surface area contributed by atoms with Crippen molar-refractivity contribution in [3.8, 4) is 11.3 Å². The quantitative estimate of drug-likeness (QED) is 0.637. The number of aryl methyl sites for hydroxylation is 1. The Balaban J connectivity index is 1.57. The van der Waals surface area contributed by atoms with Crippen LogP contribution in [0, 0.1) is 6.92 Å². The van der Waals surface area contributed by atoms with Crippen molar-refractivity contribution in [1.29, 1.82) is 0 Å². The SMILES string of the molecule is Cc1cc(-c2ccc(CNCC(O)c3ccccc3)o2)ccc1Br. The van der Waals surface area contributed by atoms with E-state index in [1.165, 1.54) is 5.56 Å². The van der Waals surface area contributed by atoms with Crippen LogP contribution in [0.3, 0.4) is 0 Å². The lowest BCUT2D eigenvalue weighted by atomic mass is 10.1. The van der Waals surface area contributed by atoms with Crippen molar-refractivity contribution in [1.82, 2.24) is 5.32 Å². The van der Waals surface area contributed by atoms with Crippen molar-refractivity contribution in [3.63, 3.8) is 0 Å². The second-order valence-electron chi connectivity index (χ2n) is 5.79. The number of aliphatic hydroxyl groups is 1. The maximum atomic E-state index is 10.1. The molecule has 1 aromatic heterocycles. The van der Waals surface area contributed by atoms with Crippen LogP contribution >= 0.6 is 15.9 Å². The molecule has 1 unspecified atom stereocenters. The number of aliphatic hydroxyl groups excluding tert-OH is 1. The first-order chi connectivity index (χ1) is 11.6. The zero-order valence-corrected chi connectivity index (χ0v) is 15.1. The van der Waals surface area contributed by atoms with Gasteiger partial charge in [0.05, 0.1) is 12.6 Å². The van der Waals surface area contributed by atoms with E-state index in [-0.39, 0.29) is 0 Å². The van der Waals surface area contributed by atoms with E-state index in [4.69, 9.17) is 4.42 Å². The molecule has 3 rings (SSSR count). The van der Waals surface area contributed by atoms with Crippen molar-refractivity contribution < 1.29 is 9.52 Å². The molecule has 0 saturated carbocycles. The highest BCUT2D eigenvalue weighted by Crippen LogP contribution is 2.26. The lowest BCUT2D eigenvalue weighted by molar-refractivity contribution is 0.173. The Bertz CT molecular complexity index is 798. The van der Waals surface area contributed by atoms with E-state index >= 15 is 0 Å². The fraction of sp³-hybridized carbons (Fsp3) is 0.200. The van der Waals surface area contributed by atoms with Gasteiger partial charge in [0, 0.05) is 16.6 Å². The first-order valence-corrected chi connectivity index (χ1v) is 8.72. The van der Waals surface area contributed by atoms with Crippen LogP contribution in [0.4, 0.5) is 0 Å². The summed E-state index contributed by atoms with van der Waals surface area (Å²) in [5, 5.41) is 13.4. The summed E-state index contributed by atoms with van der Waals surface area (Å²) >= 11 is 3.51. The van der Waals surface area contributed by atoms with Crippen LogP contribution < -0.4 is 5.32 Å². The lowest BCUT2D eigenvalue weighted by Crippen LogP contribution is -2.20. The Morgan fingerprint density at radius 2 is 1.88 bits per heavy atom. The van der Waals surface area contributed by atoms with Crippen LogP contribution in [0.1, 0.15) is 23.0 Å². The predicted octanol–water partition coefficient (Wildman–Crippen LogP) is 4.84. The van der Waals surface area contributed by atoms with E-state index in [2.05, 4.69) is 34.2 Å². The summed E-state index contributed by atoms with van der Waals surface area (Å²) in [6, 6.07) is 19.8. The van der Waals surface area contributed by atoms with Crippen LogP contribution in [-0.2, 0) is 6.54 Å². The molecule has 0 aliphatic carbocycles. The molecule has 4 heteroatoms. The Labute approximate surface area is 150 Å². The molecule has 0 spiro atoms. The third kappa shape index (κ3) is 4.15. The van der Waals surface area contributed by atoms with Gasteiger partial charge in [-0.2, -0.15) is 0 Å². The van der Waals surface area contributed by atoms with Crippen LogP contribution in [0.2, 0.25) is 0 Å². The monoisotopic (exact) mass is 385 g/mol. The molecule has 124 valence electrons. The zero-order chi connectivity index (χ0) is 16.9. The molecular formula is C20H20BrNO2. The summed E-state index contributed by atoms with van der Waals surface area (Å²) in [5.41, 5.74) is 3.15. The van der Waals surface area contributed by atoms with Gasteiger partial charge in [0.1, 0.15) is 11.5 Å². The van der Waals surface area contributed by atoms with Crippen molar-refractivity contribution in [2.45, 2.75) is 19.6 Å². The molecule has 0 radical (unpaired) electrons. The Morgan fingerprint density at radius 1 is 1.08 bits per heavy atom. The maximum absolute atomic E-state index is 10.1. The highest BCUT2D eigenvalue weighted by atomic mass is 79.9. The van der Waals surface area contributed by atoms with Gasteiger partial charge < -0.3 is 14.8 Å². The number of furan rings is 1. The summed E-state index contributed by atoms with van der Waals surface area (Å²) in [5.74, 6) is 1.71. The average molecular weight is 386 g/mol. The summed E-state index contributed by atoms with van der Waals surface area (Å²) in [4.78, 5) is 0. The Hall–Kier alpha value is -1.88. The molecule has 0 amide bonds. The standard InChI is InChI=1S/C20H20BrNO2/c1-14-11-16(7-9-18(14)21)20-10-8-17(24-20)12-22-13-19(23)15-5-3-2-4-6-15/h2-11,19,22-23H,12-13H2,1H3. The van der Waals surface area contributed by atoms with Gasteiger partial charge in [0.2, 0.25) is 0 Å². The fourth-order valence-corrected chi connectivity index (χ4v) is 2.80. The van der Waals surface area contributed by atoms with Gasteiger partial charge in [-0.15, -0.1) is 0 Å². The molecule has 1 heterocycles. The van der Waals surface area contributed by atoms with Gasteiger partial charge in [0.15, 0.2) is 0 Å². The van der Waals surface area contributed by atoms with E-state index < -0.39 is 6.10 Å². The maximum Gasteiger partial charge on any atom is 0.134 e. The van der Waals surface area contributed by atoms with Crippen molar-refractivity contribution in [2.24, 2.45) is 0 Å². The molecule has 2 aromatic carbocycles. The minimum Gasteiger partial charge on any atom is -0.460 e. The van der Waals surface area contributed by atoms with E-state index in [0.29, 0.717) is 13.1 Å². The number of hydrogen-bond acceptors (Lipinski definition) is 3. The van der Waals surface area contributed by atoms with Gasteiger partial charge in [-0.05, 0) is 42.3 Å². The highest BCUT2D eigenvalue weighted by molar-refractivity contribution is 9.10. The molecule has 0 fully saturated rings. The van der Waals surface area contributed by atoms with E-state index in [0.717, 1.165) is 27.1 Å². The average Bonchev–Trinajstić information content (AvgIpc) is 3.07. The first-order valence-electron chi connectivity index (χ1n) is 7.92. The summed E-state index contributed by atoms with van der Waals surface area (Å²) < 4.78 is 6.98. The Kier molecular flexibility index (Phi) is 5.51. The third-order valence-corrected chi connectivity index (χ3v) is 4.82. The van der Waals surface area contributed by atoms with Crippen LogP contribution in [0.15, 0.2) is 69.6 Å². The minimum atomic E-state index is -0.519. The Morgan fingerprint density at radius 3 is 2.62 bits per heavy atom. The topological polar surface area (TPSA) is 45.4 Å². The number of hydrogen-bond donors (Lipinski definition) is 2. The minimum absolute atomic E-state index is 0.484. The number of nitrogens with one attached hydrogen (secondary N) is 1. The predicted molar refractivity (Wildman–Crippen MR) is 99.7 cm³/mol. The third-order valence-electron chi connectivity index (χ3n) is 3.93. The van der Waals surface area contributed by atoms with Crippen LogP contribution in [0.5, 0.6) is 0 Å². The van der Waals surface area contributed by atoms with Crippen molar-refractivity contribution in [2.75, 3.05) is 6.54 Å². The van der Waals surface area contributed by atoms with E-state index in [9.17, 15) is 5.11 Å². The van der Waals surface area contributed by atoms with Gasteiger partial charge in [-0.1, -0.05) is 52.3 Å². The second kappa shape index (κ2) is 7.79. The van der Waals surface area contributed by atoms with Crippen LogP contribution in [-0.4, -0.2) is 11.7 Å². The van der Waals surface area contributed by atoms with Gasteiger partial charge in [0.25, 0.3) is 0 Å². The highest BCUT2D eigenvalue weighted by Gasteiger charge is 2.09. The molecule has 0 aliphatic heterocycles. The molecule has 24 heavy (non-hydrogen) atoms. The van der Waals surface area contributed by atoms with Gasteiger partial charge in [-0.3, -0.25) is 0 Å². The van der Waals surface area contributed by atoms with E-state index in [1.807, 2.05) is 54.6 Å². The molecular weight excluding hydrogens is 366 g/mol. The van der Waals surface area contributed by atoms with Gasteiger partial charge >= 0.3 is 0 Å². The smallest absolute Gasteiger partial charge is 0.134 e. The van der Waals surface area contributed by atoms with E-state index in [1.54, 1.807) is 0 Å². The summed E-state index contributed by atoms with van der Waals surface area (Å²) in [6.45, 7) is 3.13. The number of halogens is 1. The second-order valence-corrected chi connectivity index (χ2v) is 6.64. The normalized spacial score (nSPS) is 12.3. The van der Waals surface area contributed by atoms with Crippen molar-refractivity contribution >= 4 is 15.9 Å². The molecule has 0 aliphatic rings. The zero-order valence-electron chi connectivity index (χ0n) is 13.5. The number of rotatable bonds is 6. The summed E-state index contributed by atoms with van der Waals surface area (Å²) in [7, 11) is 0. The van der Waals surface area contributed by atoms with Crippen molar-refractivity contribution in [3.05, 3.63) is 82.0 Å². The first kappa shape index (κ1) is 17.0. The molecule has 1 atom stereocenters. The molecule has 3 aromatic rings. The molecule has 3 nitrogen and oxygen atoms in total. The molecule has 2 N–H and O–H groups in total. The fourth-order valence-electron chi connectivity index (χ4n) is 2.55. The molecule has 0 saturated heterocycles. The largest absolute Gasteiger partial charge is 0.460 e. The van der Waals surface area contributed by atoms with Gasteiger partial charge in [-0.25, -0.2) is 0 Å². The lowest BCUT2D eigenvalue weighted by Gasteiger charge is -2.11. The van der Waals surface area contributed by atoms with Crippen LogP contribution in [0.25, 0.3) is 11.3 Å². The summed E-state index contributed by atoms with van der Waals surface area (Å²) in [6.07, 6.45) is -0.519. The number of benzene rings is 2.